The summed E-state index contributed by atoms with van der Waals surface area (Å²) in [5.74, 6) is 0. The highest BCUT2D eigenvalue weighted by atomic mass is 16.6. The molecule has 1 aromatic carbocycles. The Hall–Kier alpha value is -1.75. The molecular formula is C18H28N2O3. The fourth-order valence-electron chi connectivity index (χ4n) is 2.87. The fourth-order valence-corrected chi connectivity index (χ4v) is 2.87. The Morgan fingerprint density at radius 3 is 2.39 bits per heavy atom. The number of amides is 1. The van der Waals surface area contributed by atoms with Gasteiger partial charge in [-0.2, -0.15) is 0 Å². The van der Waals surface area contributed by atoms with E-state index in [1.165, 1.54) is 0 Å². The summed E-state index contributed by atoms with van der Waals surface area (Å²) in [4.78, 5) is 11.8. The lowest BCUT2D eigenvalue weighted by molar-refractivity contribution is -0.0337. The van der Waals surface area contributed by atoms with E-state index in [4.69, 9.17) is 9.47 Å². The Labute approximate surface area is 138 Å². The number of hydrogen-bond acceptors (Lipinski definition) is 4. The molecule has 0 radical (unpaired) electrons. The van der Waals surface area contributed by atoms with Gasteiger partial charge < -0.3 is 14.8 Å². The van der Waals surface area contributed by atoms with Crippen molar-refractivity contribution < 1.29 is 14.3 Å². The zero-order valence-electron chi connectivity index (χ0n) is 14.7. The Bertz CT molecular complexity index is 529. The maximum absolute atomic E-state index is 11.8. The topological polar surface area (TPSA) is 59.6 Å². The van der Waals surface area contributed by atoms with Gasteiger partial charge in [0.1, 0.15) is 5.60 Å². The van der Waals surface area contributed by atoms with Crippen LogP contribution in [0.4, 0.5) is 16.2 Å². The van der Waals surface area contributed by atoms with Gasteiger partial charge in [-0.3, -0.25) is 5.32 Å². The highest BCUT2D eigenvalue weighted by molar-refractivity contribution is 5.85. The molecule has 0 saturated carbocycles. The lowest BCUT2D eigenvalue weighted by Crippen LogP contribution is -2.36. The summed E-state index contributed by atoms with van der Waals surface area (Å²) in [6, 6.07) is 8.08. The number of benzene rings is 1. The molecule has 1 aromatic rings. The van der Waals surface area contributed by atoms with E-state index in [0.29, 0.717) is 6.04 Å². The van der Waals surface area contributed by atoms with Crippen LogP contribution in [0.5, 0.6) is 0 Å². The van der Waals surface area contributed by atoms with Crippen molar-refractivity contribution in [3.63, 3.8) is 0 Å². The van der Waals surface area contributed by atoms with Gasteiger partial charge in [-0.1, -0.05) is 6.07 Å². The molecule has 1 amide bonds. The van der Waals surface area contributed by atoms with Crippen LogP contribution in [0, 0.1) is 0 Å². The molecule has 128 valence electrons. The van der Waals surface area contributed by atoms with Crippen molar-refractivity contribution in [1.82, 2.24) is 0 Å². The number of ether oxygens (including phenoxy) is 2. The van der Waals surface area contributed by atoms with Gasteiger partial charge in [0.15, 0.2) is 0 Å². The number of rotatable bonds is 3. The van der Waals surface area contributed by atoms with Gasteiger partial charge >= 0.3 is 6.09 Å². The van der Waals surface area contributed by atoms with E-state index in [-0.39, 0.29) is 12.2 Å². The molecule has 0 bridgehead atoms. The molecule has 2 N–H and O–H groups in total. The highest BCUT2D eigenvalue weighted by Crippen LogP contribution is 2.24. The Morgan fingerprint density at radius 1 is 1.17 bits per heavy atom. The first-order valence-corrected chi connectivity index (χ1v) is 8.23. The first-order valence-electron chi connectivity index (χ1n) is 8.23. The van der Waals surface area contributed by atoms with Crippen molar-refractivity contribution in [2.45, 2.75) is 71.3 Å². The van der Waals surface area contributed by atoms with Crippen LogP contribution in [-0.4, -0.2) is 29.9 Å². The number of carbonyl (C=O) groups excluding carboxylic acids is 1. The van der Waals surface area contributed by atoms with Crippen molar-refractivity contribution in [3.8, 4) is 0 Å². The van der Waals surface area contributed by atoms with Gasteiger partial charge in [0.2, 0.25) is 0 Å². The molecule has 5 heteroatoms. The van der Waals surface area contributed by atoms with Crippen LogP contribution in [0.15, 0.2) is 24.3 Å². The predicted molar refractivity (Wildman–Crippen MR) is 93.0 cm³/mol. The minimum Gasteiger partial charge on any atom is -0.444 e. The minimum absolute atomic E-state index is 0.263. The standard InChI is InChI=1S/C18H28N2O3/c1-12-9-16(10-13(2)22-12)19-14-7-6-8-15(11-14)20-17(21)23-18(3,4)5/h6-8,11-13,16,19H,9-10H2,1-5H3,(H,20,21). The molecule has 2 unspecified atom stereocenters. The predicted octanol–water partition coefficient (Wildman–Crippen LogP) is 4.40. The smallest absolute Gasteiger partial charge is 0.412 e. The first kappa shape index (κ1) is 17.6. The van der Waals surface area contributed by atoms with Crippen LogP contribution in [0.2, 0.25) is 0 Å². The molecular weight excluding hydrogens is 292 g/mol. The Morgan fingerprint density at radius 2 is 1.78 bits per heavy atom. The van der Waals surface area contributed by atoms with E-state index in [1.54, 1.807) is 0 Å². The molecule has 1 aliphatic rings. The zero-order chi connectivity index (χ0) is 17.0. The summed E-state index contributed by atoms with van der Waals surface area (Å²) in [5, 5.41) is 6.30. The molecule has 2 rings (SSSR count). The third-order valence-corrected chi connectivity index (χ3v) is 3.58. The van der Waals surface area contributed by atoms with E-state index in [0.717, 1.165) is 24.2 Å². The molecule has 0 spiro atoms. The zero-order valence-corrected chi connectivity index (χ0v) is 14.7. The normalized spacial score (nSPS) is 24.8. The third kappa shape index (κ3) is 6.10. The van der Waals surface area contributed by atoms with Crippen LogP contribution >= 0.6 is 0 Å². The van der Waals surface area contributed by atoms with Gasteiger partial charge in [-0.05, 0) is 65.7 Å². The SMILES string of the molecule is CC1CC(Nc2cccc(NC(=O)OC(C)(C)C)c2)CC(C)O1. The number of anilines is 2. The molecule has 0 aliphatic carbocycles. The molecule has 1 aliphatic heterocycles. The van der Waals surface area contributed by atoms with Crippen molar-refractivity contribution in [2.24, 2.45) is 0 Å². The molecule has 1 fully saturated rings. The van der Waals surface area contributed by atoms with E-state index in [1.807, 2.05) is 45.0 Å². The number of carbonyl (C=O) groups is 1. The largest absolute Gasteiger partial charge is 0.444 e. The first-order chi connectivity index (χ1) is 10.7. The molecule has 23 heavy (non-hydrogen) atoms. The van der Waals surface area contributed by atoms with Gasteiger partial charge in [0.05, 0.1) is 12.2 Å². The van der Waals surface area contributed by atoms with E-state index < -0.39 is 11.7 Å². The van der Waals surface area contributed by atoms with Crippen molar-refractivity contribution in [2.75, 3.05) is 10.6 Å². The fraction of sp³-hybridized carbons (Fsp3) is 0.611. The second kappa shape index (κ2) is 7.21. The summed E-state index contributed by atoms with van der Waals surface area (Å²) < 4.78 is 11.0. The van der Waals surface area contributed by atoms with Crippen LogP contribution in [0.3, 0.4) is 0 Å². The monoisotopic (exact) mass is 320 g/mol. The van der Waals surface area contributed by atoms with Crippen LogP contribution in [0.25, 0.3) is 0 Å². The van der Waals surface area contributed by atoms with Crippen molar-refractivity contribution in [3.05, 3.63) is 24.3 Å². The molecule has 2 atom stereocenters. The Kier molecular flexibility index (Phi) is 5.52. The molecule has 0 aromatic heterocycles. The summed E-state index contributed by atoms with van der Waals surface area (Å²) in [6.07, 6.45) is 2.05. The summed E-state index contributed by atoms with van der Waals surface area (Å²) in [7, 11) is 0. The average Bonchev–Trinajstić information content (AvgIpc) is 2.35. The second-order valence-electron chi connectivity index (χ2n) is 7.28. The van der Waals surface area contributed by atoms with Crippen LogP contribution < -0.4 is 10.6 Å². The summed E-state index contributed by atoms with van der Waals surface area (Å²) >= 11 is 0. The second-order valence-corrected chi connectivity index (χ2v) is 7.28. The van der Waals surface area contributed by atoms with Gasteiger partial charge in [0.25, 0.3) is 0 Å². The minimum atomic E-state index is -0.506. The van der Waals surface area contributed by atoms with Crippen molar-refractivity contribution in [1.29, 1.82) is 0 Å². The lowest BCUT2D eigenvalue weighted by Gasteiger charge is -2.33. The summed E-state index contributed by atoms with van der Waals surface area (Å²) in [5.41, 5.74) is 1.20. The third-order valence-electron chi connectivity index (χ3n) is 3.58. The number of nitrogens with one attached hydrogen (secondary N) is 2. The average molecular weight is 320 g/mol. The molecule has 5 nitrogen and oxygen atoms in total. The van der Waals surface area contributed by atoms with E-state index in [2.05, 4.69) is 24.5 Å². The lowest BCUT2D eigenvalue weighted by atomic mass is 9.99. The maximum atomic E-state index is 11.8. The molecule has 1 heterocycles. The van der Waals surface area contributed by atoms with Gasteiger partial charge in [-0.15, -0.1) is 0 Å². The van der Waals surface area contributed by atoms with Crippen molar-refractivity contribution >= 4 is 17.5 Å². The number of hydrogen-bond donors (Lipinski definition) is 2. The quantitative estimate of drug-likeness (QED) is 0.866. The van der Waals surface area contributed by atoms with Gasteiger partial charge in [-0.25, -0.2) is 4.79 Å². The Balaban J connectivity index is 1.95. The maximum Gasteiger partial charge on any atom is 0.412 e. The van der Waals surface area contributed by atoms with E-state index in [9.17, 15) is 4.79 Å². The van der Waals surface area contributed by atoms with E-state index >= 15 is 0 Å². The highest BCUT2D eigenvalue weighted by Gasteiger charge is 2.24. The van der Waals surface area contributed by atoms with Crippen LogP contribution in [-0.2, 0) is 9.47 Å². The summed E-state index contributed by atoms with van der Waals surface area (Å²) in [6.45, 7) is 9.74. The van der Waals surface area contributed by atoms with Gasteiger partial charge in [0, 0.05) is 17.4 Å². The molecule has 1 saturated heterocycles. The van der Waals surface area contributed by atoms with Crippen LogP contribution in [0.1, 0.15) is 47.5 Å².